The van der Waals surface area contributed by atoms with Gasteiger partial charge in [0.1, 0.15) is 12.1 Å². The average Bonchev–Trinajstić information content (AvgIpc) is 3.05. The molecular weight excluding hydrogens is 645 g/mol. The van der Waals surface area contributed by atoms with Gasteiger partial charge in [0.15, 0.2) is 9.84 Å². The van der Waals surface area contributed by atoms with Crippen LogP contribution in [0, 0.1) is 11.8 Å². The first-order chi connectivity index (χ1) is 22.9. The maximum Gasteiger partial charge on any atom is 0.318 e. The number of carbonyl (C=O) groups is 3. The van der Waals surface area contributed by atoms with E-state index in [-0.39, 0.29) is 17.7 Å². The third-order valence-electron chi connectivity index (χ3n) is 8.27. The molecule has 2 aromatic rings. The Kier molecular flexibility index (Phi) is 15.7. The molecule has 48 heavy (non-hydrogen) atoms. The first kappa shape index (κ1) is 38.9. The Labute approximate surface area is 291 Å². The molecule has 3 unspecified atom stereocenters. The molecule has 1 aliphatic heterocycles. The molecule has 1 heterocycles. The summed E-state index contributed by atoms with van der Waals surface area (Å²) in [5.41, 5.74) is 2.86. The summed E-state index contributed by atoms with van der Waals surface area (Å²) in [6.45, 7) is 8.68. The molecule has 0 bridgehead atoms. The lowest BCUT2D eigenvalue weighted by atomic mass is 9.90. The second kappa shape index (κ2) is 19.4. The van der Waals surface area contributed by atoms with E-state index in [9.17, 15) is 22.8 Å². The van der Waals surface area contributed by atoms with E-state index in [4.69, 9.17) is 0 Å². The number of likely N-dealkylation sites (tertiary alicyclic amines) is 1. The Hall–Kier alpha value is -3.57. The lowest BCUT2D eigenvalue weighted by molar-refractivity contribution is -0.130. The summed E-state index contributed by atoms with van der Waals surface area (Å²) < 4.78 is 25.6. The number of piperidine rings is 1. The Morgan fingerprint density at radius 1 is 0.896 bits per heavy atom. The Balaban J connectivity index is 1.63. The summed E-state index contributed by atoms with van der Waals surface area (Å²) in [5, 5.41) is 9.83. The third-order valence-corrected chi connectivity index (χ3v) is 10.2. The molecule has 0 spiro atoms. The number of nitrogens with one attached hydrogen (secondary N) is 3. The molecule has 9 nitrogen and oxygen atoms in total. The van der Waals surface area contributed by atoms with Crippen molar-refractivity contribution in [3.63, 3.8) is 0 Å². The van der Waals surface area contributed by atoms with Gasteiger partial charge in [-0.2, -0.15) is 11.8 Å². The van der Waals surface area contributed by atoms with Crippen molar-refractivity contribution in [2.75, 3.05) is 25.1 Å². The normalized spacial score (nSPS) is 15.8. The minimum absolute atomic E-state index is 0.153. The third kappa shape index (κ3) is 13.5. The molecule has 1 fully saturated rings. The van der Waals surface area contributed by atoms with Crippen LogP contribution < -0.4 is 16.0 Å². The van der Waals surface area contributed by atoms with E-state index in [2.05, 4.69) is 28.1 Å². The van der Waals surface area contributed by atoms with Crippen LogP contribution in [0.25, 0.3) is 0 Å². The van der Waals surface area contributed by atoms with Crippen LogP contribution >= 0.6 is 11.8 Å². The van der Waals surface area contributed by atoms with E-state index >= 15 is 0 Å². The van der Waals surface area contributed by atoms with Crippen LogP contribution in [-0.4, -0.2) is 74.4 Å². The van der Waals surface area contributed by atoms with Crippen LogP contribution in [0.4, 0.5) is 4.79 Å². The number of urea groups is 1. The highest BCUT2D eigenvalue weighted by molar-refractivity contribution is 7.98. The molecule has 0 aromatic heterocycles. The van der Waals surface area contributed by atoms with Crippen molar-refractivity contribution in [1.29, 1.82) is 0 Å². The molecule has 4 amide bonds. The van der Waals surface area contributed by atoms with Crippen molar-refractivity contribution in [2.24, 2.45) is 11.8 Å². The molecule has 1 aliphatic rings. The van der Waals surface area contributed by atoms with Crippen LogP contribution in [0.3, 0.4) is 0 Å². The summed E-state index contributed by atoms with van der Waals surface area (Å²) in [4.78, 5) is 42.2. The van der Waals surface area contributed by atoms with Crippen LogP contribution in [0.2, 0.25) is 0 Å². The van der Waals surface area contributed by atoms with Crippen LogP contribution in [0.15, 0.2) is 83.8 Å². The highest BCUT2D eigenvalue weighted by Gasteiger charge is 2.31. The van der Waals surface area contributed by atoms with Gasteiger partial charge in [-0.25, -0.2) is 13.2 Å². The van der Waals surface area contributed by atoms with Crippen molar-refractivity contribution >= 4 is 39.4 Å². The molecule has 3 atom stereocenters. The van der Waals surface area contributed by atoms with Gasteiger partial charge in [-0.3, -0.25) is 9.59 Å². The molecule has 2 aromatic carbocycles. The standard InChI is InChI=1S/C37H52N4O5S2/c1-27(2)24-32(19-23-48(45,46)26-31-14-10-7-11-15-31)38-35(42)33(18-22-47-5)39-36(43)34(28(3)4)40-37(44)41-20-16-30(17-21-41)25-29-12-8-6-9-13-29/h6-15,19,23-24,28,30,32-34H,16-18,20-22,25-26H2,1-5H3,(H,38,42)(H,39,43)(H,40,44)/b23-19+. The van der Waals surface area contributed by atoms with Gasteiger partial charge < -0.3 is 20.9 Å². The van der Waals surface area contributed by atoms with Crippen molar-refractivity contribution in [3.05, 3.63) is 94.9 Å². The molecular formula is C37H52N4O5S2. The second-order valence-electron chi connectivity index (χ2n) is 13.0. The van der Waals surface area contributed by atoms with Gasteiger partial charge in [-0.1, -0.05) is 86.2 Å². The number of benzene rings is 2. The van der Waals surface area contributed by atoms with Gasteiger partial charge in [0.2, 0.25) is 11.8 Å². The van der Waals surface area contributed by atoms with E-state index in [1.54, 1.807) is 47.0 Å². The maximum absolute atomic E-state index is 13.6. The number of nitrogens with zero attached hydrogens (tertiary/aromatic N) is 1. The Bertz CT molecular complexity index is 1480. The van der Waals surface area contributed by atoms with E-state index in [1.165, 1.54) is 11.6 Å². The van der Waals surface area contributed by atoms with E-state index in [1.807, 2.05) is 58.2 Å². The largest absolute Gasteiger partial charge is 0.345 e. The summed E-state index contributed by atoms with van der Waals surface area (Å²) in [6, 6.07) is 16.6. The molecule has 0 aliphatic carbocycles. The molecule has 3 rings (SSSR count). The Morgan fingerprint density at radius 2 is 1.50 bits per heavy atom. The van der Waals surface area contributed by atoms with E-state index < -0.39 is 39.8 Å². The number of thioether (sulfide) groups is 1. The number of sulfone groups is 1. The van der Waals surface area contributed by atoms with Crippen molar-refractivity contribution in [3.8, 4) is 0 Å². The first-order valence-electron chi connectivity index (χ1n) is 16.7. The van der Waals surface area contributed by atoms with E-state index in [0.29, 0.717) is 36.7 Å². The van der Waals surface area contributed by atoms with Crippen molar-refractivity contribution < 1.29 is 22.8 Å². The fourth-order valence-electron chi connectivity index (χ4n) is 5.64. The molecule has 262 valence electrons. The van der Waals surface area contributed by atoms with Gasteiger partial charge in [-0.05, 0) is 80.6 Å². The predicted octanol–water partition coefficient (Wildman–Crippen LogP) is 5.49. The quantitative estimate of drug-likeness (QED) is 0.200. The lowest BCUT2D eigenvalue weighted by Gasteiger charge is -2.34. The average molecular weight is 697 g/mol. The minimum Gasteiger partial charge on any atom is -0.345 e. The van der Waals surface area contributed by atoms with Crippen LogP contribution in [-0.2, 0) is 31.6 Å². The highest BCUT2D eigenvalue weighted by Crippen LogP contribution is 2.22. The van der Waals surface area contributed by atoms with Crippen LogP contribution in [0.1, 0.15) is 58.1 Å². The second-order valence-corrected chi connectivity index (χ2v) is 15.9. The summed E-state index contributed by atoms with van der Waals surface area (Å²) in [5.74, 6) is -0.114. The van der Waals surface area contributed by atoms with Crippen LogP contribution in [0.5, 0.6) is 0 Å². The molecule has 0 radical (unpaired) electrons. The maximum atomic E-state index is 13.6. The van der Waals surface area contributed by atoms with Crippen molar-refractivity contribution in [2.45, 2.75) is 77.3 Å². The fraction of sp³-hybridized carbons (Fsp3) is 0.486. The van der Waals surface area contributed by atoms with E-state index in [0.717, 1.165) is 30.2 Å². The molecule has 11 heteroatoms. The zero-order valence-electron chi connectivity index (χ0n) is 28.9. The van der Waals surface area contributed by atoms with Gasteiger partial charge in [0, 0.05) is 18.5 Å². The van der Waals surface area contributed by atoms with Gasteiger partial charge in [0.05, 0.1) is 11.8 Å². The smallest absolute Gasteiger partial charge is 0.318 e. The van der Waals surface area contributed by atoms with Gasteiger partial charge >= 0.3 is 6.03 Å². The lowest BCUT2D eigenvalue weighted by Crippen LogP contribution is -2.58. The predicted molar refractivity (Wildman–Crippen MR) is 196 cm³/mol. The minimum atomic E-state index is -3.59. The molecule has 3 N–H and O–H groups in total. The first-order valence-corrected chi connectivity index (χ1v) is 19.8. The molecule has 1 saturated heterocycles. The highest BCUT2D eigenvalue weighted by atomic mass is 32.2. The van der Waals surface area contributed by atoms with Gasteiger partial charge in [-0.15, -0.1) is 0 Å². The number of amides is 4. The topological polar surface area (TPSA) is 125 Å². The molecule has 0 saturated carbocycles. The monoisotopic (exact) mass is 696 g/mol. The SMILES string of the molecule is CSCCC(NC(=O)C(NC(=O)N1CCC(Cc2ccccc2)CC1)C(C)C)C(=O)NC(C=C(C)C)/C=C/S(=O)(=O)Cc1ccccc1. The zero-order valence-corrected chi connectivity index (χ0v) is 30.5. The number of rotatable bonds is 16. The number of hydrogen-bond donors (Lipinski definition) is 3. The summed E-state index contributed by atoms with van der Waals surface area (Å²) in [6.07, 6.45) is 8.28. The zero-order chi connectivity index (χ0) is 35.1. The number of carbonyl (C=O) groups excluding carboxylic acids is 3. The Morgan fingerprint density at radius 3 is 2.06 bits per heavy atom. The number of allylic oxidation sites excluding steroid dienone is 1. The van der Waals surface area contributed by atoms with Crippen molar-refractivity contribution in [1.82, 2.24) is 20.9 Å². The summed E-state index contributed by atoms with van der Waals surface area (Å²) >= 11 is 1.55. The van der Waals surface area contributed by atoms with Gasteiger partial charge in [0.25, 0.3) is 0 Å². The summed E-state index contributed by atoms with van der Waals surface area (Å²) in [7, 11) is -3.59. The fourth-order valence-corrected chi connectivity index (χ4v) is 7.27. The number of hydrogen-bond acceptors (Lipinski definition) is 6.